The highest BCUT2D eigenvalue weighted by Gasteiger charge is 2.30. The van der Waals surface area contributed by atoms with E-state index in [-0.39, 0.29) is 30.5 Å². The number of hydrogen-bond donors (Lipinski definition) is 1. The van der Waals surface area contributed by atoms with Crippen LogP contribution in [0.25, 0.3) is 0 Å². The number of hydrogen-bond acceptors (Lipinski definition) is 5. The molecule has 1 aliphatic rings. The van der Waals surface area contributed by atoms with Gasteiger partial charge in [0.2, 0.25) is 11.8 Å². The number of primary amides is 1. The van der Waals surface area contributed by atoms with Gasteiger partial charge in [0.1, 0.15) is 0 Å². The molecule has 1 saturated heterocycles. The van der Waals surface area contributed by atoms with Crippen molar-refractivity contribution in [3.05, 3.63) is 0 Å². The van der Waals surface area contributed by atoms with E-state index >= 15 is 0 Å². The van der Waals surface area contributed by atoms with Gasteiger partial charge in [0.25, 0.3) is 0 Å². The molecule has 122 valence electrons. The van der Waals surface area contributed by atoms with Crippen molar-refractivity contribution in [2.45, 2.75) is 25.5 Å². The summed E-state index contributed by atoms with van der Waals surface area (Å²) in [7, 11) is 5.67. The van der Waals surface area contributed by atoms with E-state index in [1.54, 1.807) is 0 Å². The number of amides is 2. The van der Waals surface area contributed by atoms with Gasteiger partial charge < -0.3 is 15.4 Å². The first-order valence-electron chi connectivity index (χ1n) is 7.38. The third-order valence-corrected chi connectivity index (χ3v) is 3.69. The molecule has 0 radical (unpaired) electrons. The van der Waals surface area contributed by atoms with Crippen LogP contribution < -0.4 is 5.73 Å². The maximum atomic E-state index is 12.5. The SMILES string of the molecule is CC[C@@H](C(=O)N1CCO[C@H](CN(C)CC(N)=O)C1)N(C)C. The Hall–Kier alpha value is -1.18. The van der Waals surface area contributed by atoms with Gasteiger partial charge >= 0.3 is 0 Å². The van der Waals surface area contributed by atoms with Crippen molar-refractivity contribution in [1.29, 1.82) is 0 Å². The molecule has 7 heteroatoms. The molecule has 0 saturated carbocycles. The number of nitrogens with zero attached hydrogens (tertiary/aromatic N) is 3. The summed E-state index contributed by atoms with van der Waals surface area (Å²) in [4.78, 5) is 29.1. The molecule has 0 aliphatic carbocycles. The van der Waals surface area contributed by atoms with Gasteiger partial charge in [-0.1, -0.05) is 6.92 Å². The van der Waals surface area contributed by atoms with Crippen LogP contribution in [-0.2, 0) is 14.3 Å². The average molecular weight is 300 g/mol. The van der Waals surface area contributed by atoms with Crippen molar-refractivity contribution < 1.29 is 14.3 Å². The summed E-state index contributed by atoms with van der Waals surface area (Å²) in [6.07, 6.45) is 0.710. The topological polar surface area (TPSA) is 79.1 Å². The first-order chi connectivity index (χ1) is 9.85. The number of nitrogens with two attached hydrogens (primary N) is 1. The number of carbonyl (C=O) groups is 2. The molecule has 1 aliphatic heterocycles. The van der Waals surface area contributed by atoms with Gasteiger partial charge in [-0.05, 0) is 27.6 Å². The second-order valence-electron chi connectivity index (χ2n) is 5.83. The normalized spacial score (nSPS) is 20.9. The van der Waals surface area contributed by atoms with Gasteiger partial charge in [-0.3, -0.25) is 19.4 Å². The zero-order valence-electron chi connectivity index (χ0n) is 13.5. The minimum atomic E-state index is -0.361. The Balaban J connectivity index is 2.55. The summed E-state index contributed by atoms with van der Waals surface area (Å²) in [5.41, 5.74) is 5.17. The van der Waals surface area contributed by atoms with Crippen LogP contribution in [-0.4, -0.2) is 92.6 Å². The average Bonchev–Trinajstić information content (AvgIpc) is 2.38. The van der Waals surface area contributed by atoms with Gasteiger partial charge in [-0.2, -0.15) is 0 Å². The molecule has 0 aromatic heterocycles. The Morgan fingerprint density at radius 2 is 2.05 bits per heavy atom. The summed E-state index contributed by atoms with van der Waals surface area (Å²) in [6.45, 7) is 4.52. The maximum Gasteiger partial charge on any atom is 0.240 e. The van der Waals surface area contributed by atoms with Crippen LogP contribution in [0, 0.1) is 0 Å². The molecular weight excluding hydrogens is 272 g/mol. The van der Waals surface area contributed by atoms with Crippen molar-refractivity contribution in [3.8, 4) is 0 Å². The molecule has 21 heavy (non-hydrogen) atoms. The van der Waals surface area contributed by atoms with E-state index in [2.05, 4.69) is 0 Å². The smallest absolute Gasteiger partial charge is 0.240 e. The minimum Gasteiger partial charge on any atom is -0.373 e. The van der Waals surface area contributed by atoms with Crippen molar-refractivity contribution in [1.82, 2.24) is 14.7 Å². The largest absolute Gasteiger partial charge is 0.373 e. The van der Waals surface area contributed by atoms with Crippen LogP contribution in [0.15, 0.2) is 0 Å². The van der Waals surface area contributed by atoms with Gasteiger partial charge in [0.05, 0.1) is 25.3 Å². The molecule has 0 aromatic carbocycles. The lowest BCUT2D eigenvalue weighted by molar-refractivity contribution is -0.144. The highest BCUT2D eigenvalue weighted by Crippen LogP contribution is 2.11. The fourth-order valence-corrected chi connectivity index (χ4v) is 2.68. The second kappa shape index (κ2) is 8.31. The lowest BCUT2D eigenvalue weighted by Gasteiger charge is -2.37. The van der Waals surface area contributed by atoms with Crippen LogP contribution in [0.5, 0.6) is 0 Å². The molecule has 2 amide bonds. The summed E-state index contributed by atoms with van der Waals surface area (Å²) in [5, 5.41) is 0. The second-order valence-corrected chi connectivity index (χ2v) is 5.83. The molecule has 0 aromatic rings. The molecule has 2 N–H and O–H groups in total. The van der Waals surface area contributed by atoms with Gasteiger partial charge in [-0.25, -0.2) is 0 Å². The van der Waals surface area contributed by atoms with E-state index in [9.17, 15) is 9.59 Å². The number of carbonyl (C=O) groups excluding carboxylic acids is 2. The summed E-state index contributed by atoms with van der Waals surface area (Å²) in [6, 6.07) is -0.0906. The number of ether oxygens (including phenoxy) is 1. The summed E-state index contributed by atoms with van der Waals surface area (Å²) in [5.74, 6) is -0.215. The standard InChI is InChI=1S/C14H28N4O3/c1-5-12(16(2)3)14(20)18-6-7-21-11(9-18)8-17(4)10-13(15)19/h11-12H,5-10H2,1-4H3,(H2,15,19)/t11-,12+/m1/s1. The number of likely N-dealkylation sites (N-methyl/N-ethyl adjacent to an activating group) is 2. The van der Waals surface area contributed by atoms with Crippen LogP contribution in [0.3, 0.4) is 0 Å². The van der Waals surface area contributed by atoms with Crippen molar-refractivity contribution in [2.75, 3.05) is 53.9 Å². The Morgan fingerprint density at radius 1 is 1.38 bits per heavy atom. The summed E-state index contributed by atoms with van der Waals surface area (Å²) < 4.78 is 5.68. The van der Waals surface area contributed by atoms with E-state index in [0.29, 0.717) is 26.2 Å². The third-order valence-electron chi connectivity index (χ3n) is 3.69. The number of rotatable bonds is 7. The Labute approximate surface area is 127 Å². The Kier molecular flexibility index (Phi) is 7.07. The van der Waals surface area contributed by atoms with Crippen molar-refractivity contribution >= 4 is 11.8 Å². The molecule has 0 bridgehead atoms. The van der Waals surface area contributed by atoms with E-state index < -0.39 is 0 Å². The van der Waals surface area contributed by atoms with Gasteiger partial charge in [-0.15, -0.1) is 0 Å². The summed E-state index contributed by atoms with van der Waals surface area (Å²) >= 11 is 0. The fraction of sp³-hybridized carbons (Fsp3) is 0.857. The van der Waals surface area contributed by atoms with E-state index in [4.69, 9.17) is 10.5 Å². The lowest BCUT2D eigenvalue weighted by atomic mass is 10.1. The minimum absolute atomic E-state index is 0.0771. The van der Waals surface area contributed by atoms with Crippen LogP contribution in [0.1, 0.15) is 13.3 Å². The highest BCUT2D eigenvalue weighted by molar-refractivity contribution is 5.82. The predicted molar refractivity (Wildman–Crippen MR) is 80.8 cm³/mol. The van der Waals surface area contributed by atoms with Crippen LogP contribution >= 0.6 is 0 Å². The third kappa shape index (κ3) is 5.61. The monoisotopic (exact) mass is 300 g/mol. The van der Waals surface area contributed by atoms with E-state index in [1.165, 1.54) is 0 Å². The molecule has 1 fully saturated rings. The Bertz CT molecular complexity index is 362. The molecule has 0 spiro atoms. The van der Waals surface area contributed by atoms with Crippen molar-refractivity contribution in [3.63, 3.8) is 0 Å². The first kappa shape index (κ1) is 17.9. The molecular formula is C14H28N4O3. The zero-order chi connectivity index (χ0) is 16.0. The highest BCUT2D eigenvalue weighted by atomic mass is 16.5. The number of morpholine rings is 1. The molecule has 2 atom stereocenters. The fourth-order valence-electron chi connectivity index (χ4n) is 2.68. The first-order valence-corrected chi connectivity index (χ1v) is 7.38. The van der Waals surface area contributed by atoms with Crippen LogP contribution in [0.4, 0.5) is 0 Å². The lowest BCUT2D eigenvalue weighted by Crippen LogP contribution is -2.54. The van der Waals surface area contributed by atoms with Crippen molar-refractivity contribution in [2.24, 2.45) is 5.73 Å². The zero-order valence-corrected chi connectivity index (χ0v) is 13.5. The molecule has 1 rings (SSSR count). The molecule has 0 unspecified atom stereocenters. The predicted octanol–water partition coefficient (Wildman–Crippen LogP) is -1.03. The molecule has 7 nitrogen and oxygen atoms in total. The Morgan fingerprint density at radius 3 is 2.57 bits per heavy atom. The van der Waals surface area contributed by atoms with Gasteiger partial charge in [0.15, 0.2) is 0 Å². The van der Waals surface area contributed by atoms with Gasteiger partial charge in [0, 0.05) is 19.6 Å². The quantitative estimate of drug-likeness (QED) is 0.650. The molecule has 1 heterocycles. The maximum absolute atomic E-state index is 12.5. The van der Waals surface area contributed by atoms with E-state index in [1.807, 2.05) is 42.8 Å². The van der Waals surface area contributed by atoms with E-state index in [0.717, 1.165) is 6.42 Å². The van der Waals surface area contributed by atoms with Crippen LogP contribution in [0.2, 0.25) is 0 Å².